The molecular weight excluding hydrogens is 262 g/mol. The van der Waals surface area contributed by atoms with Crippen molar-refractivity contribution in [1.82, 2.24) is 10.0 Å². The van der Waals surface area contributed by atoms with Gasteiger partial charge in [0.2, 0.25) is 10.0 Å². The first-order chi connectivity index (χ1) is 9.04. The molecule has 0 bridgehead atoms. The second-order valence-corrected chi connectivity index (χ2v) is 6.44. The number of rotatable bonds is 4. The Morgan fingerprint density at radius 3 is 2.95 bits per heavy atom. The molecular formula is C13H17N3O2S. The molecule has 1 aromatic rings. The van der Waals surface area contributed by atoms with Crippen LogP contribution in [0.2, 0.25) is 0 Å². The van der Waals surface area contributed by atoms with E-state index in [-0.39, 0.29) is 16.5 Å². The lowest BCUT2D eigenvalue weighted by Crippen LogP contribution is -2.37. The van der Waals surface area contributed by atoms with Crippen molar-refractivity contribution in [3.8, 4) is 6.07 Å². The Morgan fingerprint density at radius 2 is 2.32 bits per heavy atom. The van der Waals surface area contributed by atoms with Crippen LogP contribution in [0.1, 0.15) is 24.0 Å². The fraction of sp³-hybridized carbons (Fsp3) is 0.462. The average Bonchev–Trinajstić information content (AvgIpc) is 2.89. The van der Waals surface area contributed by atoms with Crippen LogP contribution in [-0.4, -0.2) is 27.5 Å². The highest BCUT2D eigenvalue weighted by Crippen LogP contribution is 2.18. The molecule has 102 valence electrons. The van der Waals surface area contributed by atoms with Gasteiger partial charge in [-0.15, -0.1) is 0 Å². The molecule has 1 saturated heterocycles. The molecule has 1 atom stereocenters. The summed E-state index contributed by atoms with van der Waals surface area (Å²) in [5.74, 6) is 0. The summed E-state index contributed by atoms with van der Waals surface area (Å²) in [6.45, 7) is 3.03. The quantitative estimate of drug-likeness (QED) is 0.858. The maximum Gasteiger partial charge on any atom is 0.241 e. The van der Waals surface area contributed by atoms with Crippen LogP contribution in [0.3, 0.4) is 0 Å². The molecule has 0 radical (unpaired) electrons. The molecule has 2 rings (SSSR count). The zero-order valence-corrected chi connectivity index (χ0v) is 11.6. The molecule has 6 heteroatoms. The Bertz CT molecular complexity index is 599. The summed E-state index contributed by atoms with van der Waals surface area (Å²) in [7, 11) is -3.63. The number of hydrogen-bond donors (Lipinski definition) is 2. The molecule has 5 nitrogen and oxygen atoms in total. The van der Waals surface area contributed by atoms with Gasteiger partial charge in [0.15, 0.2) is 0 Å². The fourth-order valence-corrected chi connectivity index (χ4v) is 3.54. The maximum absolute atomic E-state index is 12.2. The molecule has 0 aromatic heterocycles. The molecule has 0 amide bonds. The van der Waals surface area contributed by atoms with Crippen LogP contribution in [0.4, 0.5) is 0 Å². The predicted molar refractivity (Wildman–Crippen MR) is 72.1 cm³/mol. The molecule has 2 N–H and O–H groups in total. The third-order valence-electron chi connectivity index (χ3n) is 3.32. The van der Waals surface area contributed by atoms with Crippen LogP contribution >= 0.6 is 0 Å². The highest BCUT2D eigenvalue weighted by Gasteiger charge is 2.22. The van der Waals surface area contributed by atoms with E-state index >= 15 is 0 Å². The van der Waals surface area contributed by atoms with Crippen LogP contribution in [0.5, 0.6) is 0 Å². The molecule has 1 heterocycles. The third kappa shape index (κ3) is 3.13. The highest BCUT2D eigenvalue weighted by atomic mass is 32.2. The van der Waals surface area contributed by atoms with Gasteiger partial charge in [0.1, 0.15) is 6.07 Å². The van der Waals surface area contributed by atoms with Crippen LogP contribution < -0.4 is 10.0 Å². The molecule has 1 aliphatic rings. The normalized spacial score (nSPS) is 19.3. The van der Waals surface area contributed by atoms with Gasteiger partial charge in [0.05, 0.1) is 10.5 Å². The summed E-state index contributed by atoms with van der Waals surface area (Å²) in [5, 5.41) is 12.3. The second-order valence-electron chi connectivity index (χ2n) is 4.71. The van der Waals surface area contributed by atoms with E-state index in [1.54, 1.807) is 19.1 Å². The Balaban J connectivity index is 2.20. The van der Waals surface area contributed by atoms with Crippen LogP contribution in [0.15, 0.2) is 23.1 Å². The molecule has 0 saturated carbocycles. The minimum atomic E-state index is -3.63. The highest BCUT2D eigenvalue weighted by molar-refractivity contribution is 7.89. The van der Waals surface area contributed by atoms with E-state index in [0.29, 0.717) is 12.1 Å². The number of benzene rings is 1. The number of nitriles is 1. The average molecular weight is 279 g/mol. The van der Waals surface area contributed by atoms with E-state index < -0.39 is 10.0 Å². The number of hydrogen-bond acceptors (Lipinski definition) is 4. The first-order valence-electron chi connectivity index (χ1n) is 6.27. The number of aryl methyl sites for hydroxylation is 1. The lowest BCUT2D eigenvalue weighted by Gasteiger charge is -2.13. The summed E-state index contributed by atoms with van der Waals surface area (Å²) in [6, 6.07) is 7.00. The van der Waals surface area contributed by atoms with E-state index in [1.807, 2.05) is 6.07 Å². The van der Waals surface area contributed by atoms with Gasteiger partial charge in [-0.05, 0) is 37.9 Å². The minimum Gasteiger partial charge on any atom is -0.313 e. The molecule has 0 spiro atoms. The lowest BCUT2D eigenvalue weighted by atomic mass is 10.1. The van der Waals surface area contributed by atoms with E-state index in [2.05, 4.69) is 10.0 Å². The van der Waals surface area contributed by atoms with Crippen LogP contribution in [0, 0.1) is 18.3 Å². The maximum atomic E-state index is 12.2. The van der Waals surface area contributed by atoms with Gasteiger partial charge in [-0.1, -0.05) is 12.1 Å². The van der Waals surface area contributed by atoms with Crippen molar-refractivity contribution in [1.29, 1.82) is 5.26 Å². The largest absolute Gasteiger partial charge is 0.313 e. The van der Waals surface area contributed by atoms with Gasteiger partial charge in [-0.2, -0.15) is 5.26 Å². The van der Waals surface area contributed by atoms with Crippen molar-refractivity contribution in [2.75, 3.05) is 13.1 Å². The molecule has 1 aromatic carbocycles. The zero-order valence-electron chi connectivity index (χ0n) is 10.8. The number of sulfonamides is 1. The fourth-order valence-electron chi connectivity index (χ4n) is 2.23. The zero-order chi connectivity index (χ0) is 13.9. The Hall–Kier alpha value is -1.42. The van der Waals surface area contributed by atoms with E-state index in [9.17, 15) is 8.42 Å². The van der Waals surface area contributed by atoms with Crippen molar-refractivity contribution >= 4 is 10.0 Å². The lowest BCUT2D eigenvalue weighted by molar-refractivity contribution is 0.551. The van der Waals surface area contributed by atoms with Crippen molar-refractivity contribution < 1.29 is 8.42 Å². The van der Waals surface area contributed by atoms with Gasteiger partial charge in [0.25, 0.3) is 0 Å². The summed E-state index contributed by atoms with van der Waals surface area (Å²) in [5.41, 5.74) is 0.888. The Labute approximate surface area is 113 Å². The third-order valence-corrected chi connectivity index (χ3v) is 4.78. The minimum absolute atomic E-state index is 0.0630. The standard InChI is InChI=1S/C13H17N3O2S/c1-10-4-2-6-13(12(10)8-14)19(17,18)16-9-11-5-3-7-15-11/h2,4,6,11,15-16H,3,5,7,9H2,1H3. The molecule has 19 heavy (non-hydrogen) atoms. The van der Waals surface area contributed by atoms with Gasteiger partial charge in [-0.3, -0.25) is 0 Å². The van der Waals surface area contributed by atoms with Crippen molar-refractivity contribution in [3.63, 3.8) is 0 Å². The Morgan fingerprint density at radius 1 is 1.53 bits per heavy atom. The topological polar surface area (TPSA) is 82.0 Å². The Kier molecular flexibility index (Phi) is 4.20. The summed E-state index contributed by atoms with van der Waals surface area (Å²) in [6.07, 6.45) is 2.04. The monoisotopic (exact) mass is 279 g/mol. The van der Waals surface area contributed by atoms with Crippen molar-refractivity contribution in [3.05, 3.63) is 29.3 Å². The predicted octanol–water partition coefficient (Wildman–Crippen LogP) is 0.897. The van der Waals surface area contributed by atoms with Crippen LogP contribution in [-0.2, 0) is 10.0 Å². The summed E-state index contributed by atoms with van der Waals surface area (Å²) < 4.78 is 27.0. The number of nitrogens with zero attached hydrogens (tertiary/aromatic N) is 1. The first kappa shape index (κ1) is 14.0. The van der Waals surface area contributed by atoms with Gasteiger partial charge < -0.3 is 5.32 Å². The van der Waals surface area contributed by atoms with E-state index in [4.69, 9.17) is 5.26 Å². The van der Waals surface area contributed by atoms with Crippen molar-refractivity contribution in [2.24, 2.45) is 0 Å². The molecule has 1 unspecified atom stereocenters. The van der Waals surface area contributed by atoms with E-state index in [1.165, 1.54) is 6.07 Å². The SMILES string of the molecule is Cc1cccc(S(=O)(=O)NCC2CCCN2)c1C#N. The first-order valence-corrected chi connectivity index (χ1v) is 7.75. The summed E-state index contributed by atoms with van der Waals surface area (Å²) in [4.78, 5) is 0.0630. The summed E-state index contributed by atoms with van der Waals surface area (Å²) >= 11 is 0. The second kappa shape index (κ2) is 5.70. The molecule has 1 aliphatic heterocycles. The molecule has 1 fully saturated rings. The van der Waals surface area contributed by atoms with E-state index in [0.717, 1.165) is 19.4 Å². The smallest absolute Gasteiger partial charge is 0.241 e. The van der Waals surface area contributed by atoms with Gasteiger partial charge in [-0.25, -0.2) is 13.1 Å². The molecule has 0 aliphatic carbocycles. The van der Waals surface area contributed by atoms with Gasteiger partial charge in [0, 0.05) is 12.6 Å². The van der Waals surface area contributed by atoms with Gasteiger partial charge >= 0.3 is 0 Å². The van der Waals surface area contributed by atoms with Crippen LogP contribution in [0.25, 0.3) is 0 Å². The van der Waals surface area contributed by atoms with Crippen molar-refractivity contribution in [2.45, 2.75) is 30.7 Å². The number of nitrogens with one attached hydrogen (secondary N) is 2.